The molecule has 136 valence electrons. The molecule has 0 bridgehead atoms. The van der Waals surface area contributed by atoms with E-state index in [9.17, 15) is 4.79 Å². The summed E-state index contributed by atoms with van der Waals surface area (Å²) in [5.41, 5.74) is 1.31. The van der Waals surface area contributed by atoms with E-state index in [0.29, 0.717) is 34.2 Å². The Kier molecular flexibility index (Phi) is 5.15. The van der Waals surface area contributed by atoms with Gasteiger partial charge >= 0.3 is 0 Å². The van der Waals surface area contributed by atoms with E-state index in [2.05, 4.69) is 20.6 Å². The van der Waals surface area contributed by atoms with Gasteiger partial charge in [0, 0.05) is 23.4 Å². The molecule has 8 heteroatoms. The van der Waals surface area contributed by atoms with Gasteiger partial charge in [-0.05, 0) is 23.8 Å². The number of H-pyrrole nitrogens is 1. The van der Waals surface area contributed by atoms with Gasteiger partial charge in [0.15, 0.2) is 5.43 Å². The topological polar surface area (TPSA) is 93.9 Å². The quantitative estimate of drug-likeness (QED) is 0.387. The Balaban J connectivity index is 1.45. The molecule has 0 unspecified atom stereocenters. The molecule has 0 fully saturated rings. The lowest BCUT2D eigenvalue weighted by atomic mass is 10.1. The number of rotatable bonds is 7. The van der Waals surface area contributed by atoms with Gasteiger partial charge in [-0.25, -0.2) is 0 Å². The van der Waals surface area contributed by atoms with Crippen LogP contribution in [0.3, 0.4) is 0 Å². The predicted molar refractivity (Wildman–Crippen MR) is 103 cm³/mol. The maximum atomic E-state index is 12.4. The molecule has 0 aliphatic heterocycles. The van der Waals surface area contributed by atoms with Gasteiger partial charge in [-0.2, -0.15) is 5.21 Å². The summed E-state index contributed by atoms with van der Waals surface area (Å²) in [4.78, 5) is 12.4. The zero-order chi connectivity index (χ0) is 18.5. The lowest BCUT2D eigenvalue weighted by Gasteiger charge is -2.07. The van der Waals surface area contributed by atoms with E-state index in [1.54, 1.807) is 18.2 Å². The monoisotopic (exact) mass is 380 g/mol. The summed E-state index contributed by atoms with van der Waals surface area (Å²) < 4.78 is 11.7. The first-order chi connectivity index (χ1) is 13.3. The van der Waals surface area contributed by atoms with Gasteiger partial charge in [-0.3, -0.25) is 4.79 Å². The van der Waals surface area contributed by atoms with Crippen molar-refractivity contribution in [3.63, 3.8) is 0 Å². The van der Waals surface area contributed by atoms with E-state index in [1.165, 1.54) is 17.8 Å². The largest absolute Gasteiger partial charge is 0.493 e. The molecule has 0 aliphatic carbocycles. The van der Waals surface area contributed by atoms with Gasteiger partial charge in [0.05, 0.1) is 12.0 Å². The molecule has 0 spiro atoms. The Bertz CT molecular complexity index is 1080. The highest BCUT2D eigenvalue weighted by Crippen LogP contribution is 2.25. The van der Waals surface area contributed by atoms with Crippen LogP contribution in [0.5, 0.6) is 5.75 Å². The van der Waals surface area contributed by atoms with Crippen molar-refractivity contribution < 1.29 is 9.15 Å². The molecule has 0 atom stereocenters. The Hall–Kier alpha value is -3.13. The van der Waals surface area contributed by atoms with Gasteiger partial charge in [0.25, 0.3) is 0 Å². The van der Waals surface area contributed by atoms with Gasteiger partial charge in [-0.15, -0.1) is 10.2 Å². The number of tetrazole rings is 1. The number of benzene rings is 2. The summed E-state index contributed by atoms with van der Waals surface area (Å²) in [7, 11) is 0. The van der Waals surface area contributed by atoms with E-state index >= 15 is 0 Å². The SMILES string of the molecule is O=c1cc(-c2ccccc2)oc2cc(OCCCSc3nn[nH]n3)ccc12. The molecule has 4 rings (SSSR count). The summed E-state index contributed by atoms with van der Waals surface area (Å²) >= 11 is 1.51. The summed E-state index contributed by atoms with van der Waals surface area (Å²) in [6.45, 7) is 0.541. The molecule has 0 saturated heterocycles. The summed E-state index contributed by atoms with van der Waals surface area (Å²) in [6, 6.07) is 16.4. The standard InChI is InChI=1S/C19H16N4O3S/c24-16-12-17(13-5-2-1-3-6-13)26-18-11-14(7-8-15(16)18)25-9-4-10-27-19-20-22-23-21-19/h1-3,5-8,11-12H,4,9-10H2,(H,20,21,22,23). The third-order valence-corrected chi connectivity index (χ3v) is 4.80. The number of aromatic nitrogens is 4. The van der Waals surface area contributed by atoms with Crippen molar-refractivity contribution in [1.29, 1.82) is 0 Å². The zero-order valence-corrected chi connectivity index (χ0v) is 15.1. The van der Waals surface area contributed by atoms with Gasteiger partial charge < -0.3 is 9.15 Å². The zero-order valence-electron chi connectivity index (χ0n) is 14.3. The molecule has 7 nitrogen and oxygen atoms in total. The van der Waals surface area contributed by atoms with Gasteiger partial charge in [0.2, 0.25) is 5.16 Å². The number of nitrogens with one attached hydrogen (secondary N) is 1. The molecule has 2 heterocycles. The van der Waals surface area contributed by atoms with Crippen molar-refractivity contribution in [2.45, 2.75) is 11.6 Å². The van der Waals surface area contributed by atoms with E-state index in [4.69, 9.17) is 9.15 Å². The second-order valence-corrected chi connectivity index (χ2v) is 6.81. The van der Waals surface area contributed by atoms with Crippen molar-refractivity contribution >= 4 is 22.7 Å². The molecule has 2 aromatic carbocycles. The maximum Gasteiger partial charge on any atom is 0.230 e. The molecule has 1 N–H and O–H groups in total. The minimum Gasteiger partial charge on any atom is -0.493 e. The molecule has 0 saturated carbocycles. The van der Waals surface area contributed by atoms with Crippen LogP contribution in [0.1, 0.15) is 6.42 Å². The van der Waals surface area contributed by atoms with Crippen LogP contribution in [-0.2, 0) is 0 Å². The number of ether oxygens (including phenoxy) is 1. The minimum atomic E-state index is -0.0711. The Morgan fingerprint density at radius 2 is 2.00 bits per heavy atom. The molecule has 4 aromatic rings. The number of fused-ring (bicyclic) bond motifs is 1. The third kappa shape index (κ3) is 4.17. The average molecular weight is 380 g/mol. The molecule has 0 radical (unpaired) electrons. The highest BCUT2D eigenvalue weighted by atomic mass is 32.2. The third-order valence-electron chi connectivity index (χ3n) is 3.87. The first kappa shape index (κ1) is 17.3. The van der Waals surface area contributed by atoms with Crippen molar-refractivity contribution in [1.82, 2.24) is 20.6 Å². The normalized spacial score (nSPS) is 11.0. The van der Waals surface area contributed by atoms with Crippen LogP contribution in [0, 0.1) is 0 Å². The smallest absolute Gasteiger partial charge is 0.230 e. The summed E-state index contributed by atoms with van der Waals surface area (Å²) in [5, 5.41) is 14.8. The number of hydrogen-bond acceptors (Lipinski definition) is 7. The molecule has 0 amide bonds. The van der Waals surface area contributed by atoms with Crippen LogP contribution in [0.4, 0.5) is 0 Å². The minimum absolute atomic E-state index is 0.0711. The van der Waals surface area contributed by atoms with Crippen LogP contribution in [0.2, 0.25) is 0 Å². The van der Waals surface area contributed by atoms with Crippen molar-refractivity contribution in [3.8, 4) is 17.1 Å². The molecule has 27 heavy (non-hydrogen) atoms. The molecule has 0 aliphatic rings. The Morgan fingerprint density at radius 1 is 1.11 bits per heavy atom. The van der Waals surface area contributed by atoms with Crippen molar-refractivity contribution in [2.75, 3.05) is 12.4 Å². The second-order valence-electron chi connectivity index (χ2n) is 5.74. The fourth-order valence-electron chi connectivity index (χ4n) is 2.60. The fraction of sp³-hybridized carbons (Fsp3) is 0.158. The average Bonchev–Trinajstić information content (AvgIpc) is 3.21. The van der Waals surface area contributed by atoms with Gasteiger partial charge in [-0.1, -0.05) is 42.1 Å². The predicted octanol–water partition coefficient (Wildman–Crippen LogP) is 3.53. The molecular formula is C19H16N4O3S. The van der Waals surface area contributed by atoms with E-state index in [-0.39, 0.29) is 5.43 Å². The number of nitrogens with zero attached hydrogens (tertiary/aromatic N) is 3. The van der Waals surface area contributed by atoms with Crippen LogP contribution in [0.15, 0.2) is 69.0 Å². The summed E-state index contributed by atoms with van der Waals surface area (Å²) in [5.74, 6) is 2.03. The van der Waals surface area contributed by atoms with Crippen LogP contribution >= 0.6 is 11.8 Å². The first-order valence-corrected chi connectivity index (χ1v) is 9.40. The van der Waals surface area contributed by atoms with Crippen molar-refractivity contribution in [2.24, 2.45) is 0 Å². The molecular weight excluding hydrogens is 364 g/mol. The number of aromatic amines is 1. The van der Waals surface area contributed by atoms with Gasteiger partial charge in [0.1, 0.15) is 17.1 Å². The Labute approximate surface area is 158 Å². The van der Waals surface area contributed by atoms with Crippen LogP contribution < -0.4 is 10.2 Å². The van der Waals surface area contributed by atoms with E-state index in [1.807, 2.05) is 30.3 Å². The van der Waals surface area contributed by atoms with Crippen molar-refractivity contribution in [3.05, 3.63) is 64.8 Å². The Morgan fingerprint density at radius 3 is 2.81 bits per heavy atom. The van der Waals surface area contributed by atoms with E-state index < -0.39 is 0 Å². The maximum absolute atomic E-state index is 12.4. The van der Waals surface area contributed by atoms with E-state index in [0.717, 1.165) is 17.7 Å². The highest BCUT2D eigenvalue weighted by molar-refractivity contribution is 7.99. The lowest BCUT2D eigenvalue weighted by molar-refractivity contribution is 0.318. The molecule has 2 aromatic heterocycles. The van der Waals surface area contributed by atoms with Crippen LogP contribution in [0.25, 0.3) is 22.3 Å². The lowest BCUT2D eigenvalue weighted by Crippen LogP contribution is -2.02. The second kappa shape index (κ2) is 8.05. The fourth-order valence-corrected chi connectivity index (χ4v) is 3.24. The number of hydrogen-bond donors (Lipinski definition) is 1. The first-order valence-electron chi connectivity index (χ1n) is 8.42. The summed E-state index contributed by atoms with van der Waals surface area (Å²) in [6.07, 6.45) is 0.825. The number of thioether (sulfide) groups is 1. The highest BCUT2D eigenvalue weighted by Gasteiger charge is 2.08. The van der Waals surface area contributed by atoms with Crippen LogP contribution in [-0.4, -0.2) is 33.0 Å².